The summed E-state index contributed by atoms with van der Waals surface area (Å²) in [6, 6.07) is 28.5. The standard InChI is InChI=1S/C23H17NO2S/c25-22(20-15-18-13-7-8-14-19(18)23(26)27-20)24-21(16-9-3-1-4-10-16)17-11-5-2-6-12-17/h1-15,21H,(H,24,25). The second-order valence-electron chi connectivity index (χ2n) is 6.21. The van der Waals surface area contributed by atoms with E-state index in [-0.39, 0.29) is 16.7 Å². The van der Waals surface area contributed by atoms with Crippen LogP contribution in [0, 0.1) is 0 Å². The first-order valence-corrected chi connectivity index (χ1v) is 9.48. The second kappa shape index (κ2) is 7.56. The lowest BCUT2D eigenvalue weighted by molar-refractivity contribution is 0.0947. The number of carbonyl (C=O) groups is 1. The summed E-state index contributed by atoms with van der Waals surface area (Å²) in [6.45, 7) is 0. The van der Waals surface area contributed by atoms with Gasteiger partial charge in [0.25, 0.3) is 5.91 Å². The predicted octanol–water partition coefficient (Wildman–Crippen LogP) is 4.78. The Balaban J connectivity index is 1.71. The van der Waals surface area contributed by atoms with E-state index in [1.807, 2.05) is 78.9 Å². The molecule has 3 aromatic carbocycles. The average molecular weight is 371 g/mol. The third kappa shape index (κ3) is 3.66. The highest BCUT2D eigenvalue weighted by molar-refractivity contribution is 7.12. The van der Waals surface area contributed by atoms with E-state index in [9.17, 15) is 9.59 Å². The van der Waals surface area contributed by atoms with Crippen LogP contribution in [0.3, 0.4) is 0 Å². The number of rotatable bonds is 4. The molecule has 4 heteroatoms. The van der Waals surface area contributed by atoms with E-state index in [1.165, 1.54) is 0 Å². The molecule has 27 heavy (non-hydrogen) atoms. The van der Waals surface area contributed by atoms with Crippen molar-refractivity contribution >= 4 is 28.0 Å². The highest BCUT2D eigenvalue weighted by atomic mass is 32.1. The molecule has 3 nitrogen and oxygen atoms in total. The van der Waals surface area contributed by atoms with Gasteiger partial charge in [0.2, 0.25) is 4.74 Å². The maximum absolute atomic E-state index is 13.0. The Labute approximate surface area is 160 Å². The average Bonchev–Trinajstić information content (AvgIpc) is 2.73. The minimum absolute atomic E-state index is 0.103. The van der Waals surface area contributed by atoms with Crippen molar-refractivity contribution in [1.82, 2.24) is 5.32 Å². The second-order valence-corrected chi connectivity index (χ2v) is 7.23. The van der Waals surface area contributed by atoms with Crippen LogP contribution in [0.15, 0.2) is 95.8 Å². The zero-order valence-electron chi connectivity index (χ0n) is 14.5. The molecule has 0 unspecified atom stereocenters. The fraction of sp³-hybridized carbons (Fsp3) is 0.0435. The van der Waals surface area contributed by atoms with Crippen LogP contribution in [0.1, 0.15) is 26.8 Å². The van der Waals surface area contributed by atoms with Gasteiger partial charge in [-0.1, -0.05) is 90.2 Å². The maximum Gasteiger partial charge on any atom is 0.262 e. The van der Waals surface area contributed by atoms with E-state index in [4.69, 9.17) is 0 Å². The van der Waals surface area contributed by atoms with Gasteiger partial charge in [0.15, 0.2) is 0 Å². The van der Waals surface area contributed by atoms with E-state index in [1.54, 1.807) is 12.1 Å². The normalized spacial score (nSPS) is 10.9. The Kier molecular flexibility index (Phi) is 4.81. The number of amides is 1. The van der Waals surface area contributed by atoms with Crippen LogP contribution in [-0.2, 0) is 0 Å². The first-order valence-electron chi connectivity index (χ1n) is 8.66. The Morgan fingerprint density at radius 1 is 0.778 bits per heavy atom. The molecular weight excluding hydrogens is 354 g/mol. The molecule has 0 radical (unpaired) electrons. The highest BCUT2D eigenvalue weighted by Gasteiger charge is 2.19. The van der Waals surface area contributed by atoms with Crippen LogP contribution in [0.2, 0.25) is 0 Å². The largest absolute Gasteiger partial charge is 0.340 e. The van der Waals surface area contributed by atoms with Crippen molar-refractivity contribution in [3.63, 3.8) is 0 Å². The van der Waals surface area contributed by atoms with E-state index >= 15 is 0 Å². The molecule has 0 saturated carbocycles. The van der Waals surface area contributed by atoms with E-state index in [2.05, 4.69) is 5.32 Å². The summed E-state index contributed by atoms with van der Waals surface area (Å²) < 4.78 is -0.103. The summed E-state index contributed by atoms with van der Waals surface area (Å²) in [6.07, 6.45) is 0. The van der Waals surface area contributed by atoms with Gasteiger partial charge in [0.05, 0.1) is 10.9 Å². The van der Waals surface area contributed by atoms with Gasteiger partial charge in [-0.3, -0.25) is 9.59 Å². The van der Waals surface area contributed by atoms with Crippen LogP contribution in [0.5, 0.6) is 0 Å². The molecule has 132 valence electrons. The molecule has 1 amide bonds. The summed E-state index contributed by atoms with van der Waals surface area (Å²) in [5, 5.41) is 4.51. The fourth-order valence-corrected chi connectivity index (χ4v) is 3.93. The predicted molar refractivity (Wildman–Crippen MR) is 110 cm³/mol. The number of benzene rings is 3. The molecule has 0 spiro atoms. The smallest absolute Gasteiger partial charge is 0.262 e. The highest BCUT2D eigenvalue weighted by Crippen LogP contribution is 2.23. The van der Waals surface area contributed by atoms with Crippen molar-refractivity contribution in [3.05, 3.63) is 117 Å². The van der Waals surface area contributed by atoms with Gasteiger partial charge < -0.3 is 5.32 Å². The molecule has 0 saturated heterocycles. The fourth-order valence-electron chi connectivity index (χ4n) is 3.10. The Morgan fingerprint density at radius 2 is 1.33 bits per heavy atom. The molecule has 1 aromatic heterocycles. The molecule has 0 atom stereocenters. The van der Waals surface area contributed by atoms with Crippen molar-refractivity contribution in [2.24, 2.45) is 0 Å². The van der Waals surface area contributed by atoms with Gasteiger partial charge in [-0.15, -0.1) is 0 Å². The summed E-state index contributed by atoms with van der Waals surface area (Å²) in [5.74, 6) is -0.249. The molecule has 1 N–H and O–H groups in total. The maximum atomic E-state index is 13.0. The number of hydrogen-bond acceptors (Lipinski definition) is 3. The zero-order valence-corrected chi connectivity index (χ0v) is 15.3. The lowest BCUT2D eigenvalue weighted by Gasteiger charge is -2.20. The van der Waals surface area contributed by atoms with Crippen LogP contribution in [0.25, 0.3) is 10.8 Å². The lowest BCUT2D eigenvalue weighted by atomic mass is 9.98. The topological polar surface area (TPSA) is 46.2 Å². The van der Waals surface area contributed by atoms with Gasteiger partial charge in [-0.2, -0.15) is 0 Å². The third-order valence-electron chi connectivity index (χ3n) is 4.43. The van der Waals surface area contributed by atoms with Gasteiger partial charge in [-0.25, -0.2) is 0 Å². The van der Waals surface area contributed by atoms with Crippen molar-refractivity contribution in [2.45, 2.75) is 6.04 Å². The zero-order chi connectivity index (χ0) is 18.6. The molecule has 0 aliphatic rings. The lowest BCUT2D eigenvalue weighted by Crippen LogP contribution is -2.29. The number of fused-ring (bicyclic) bond motifs is 1. The van der Waals surface area contributed by atoms with Gasteiger partial charge in [0.1, 0.15) is 0 Å². The molecule has 4 aromatic rings. The van der Waals surface area contributed by atoms with Crippen LogP contribution in [0.4, 0.5) is 0 Å². The molecular formula is C23H17NO2S. The molecule has 0 bridgehead atoms. The van der Waals surface area contributed by atoms with E-state index in [0.717, 1.165) is 27.8 Å². The monoisotopic (exact) mass is 371 g/mol. The van der Waals surface area contributed by atoms with Crippen LogP contribution in [-0.4, -0.2) is 5.91 Å². The molecule has 1 heterocycles. The first kappa shape index (κ1) is 17.2. The quantitative estimate of drug-likeness (QED) is 0.561. The summed E-state index contributed by atoms with van der Waals surface area (Å²) in [5.41, 5.74) is 1.98. The van der Waals surface area contributed by atoms with Crippen molar-refractivity contribution < 1.29 is 4.79 Å². The molecule has 0 aliphatic carbocycles. The molecule has 4 rings (SSSR count). The van der Waals surface area contributed by atoms with Crippen molar-refractivity contribution in [3.8, 4) is 0 Å². The van der Waals surface area contributed by atoms with Gasteiger partial charge in [-0.05, 0) is 28.6 Å². The molecule has 0 fully saturated rings. The summed E-state index contributed by atoms with van der Waals surface area (Å²) in [7, 11) is 0. The van der Waals surface area contributed by atoms with Crippen LogP contribution >= 0.6 is 11.3 Å². The minimum atomic E-state index is -0.284. The molecule has 0 aliphatic heterocycles. The van der Waals surface area contributed by atoms with Crippen LogP contribution < -0.4 is 10.1 Å². The third-order valence-corrected chi connectivity index (χ3v) is 5.36. The SMILES string of the molecule is O=C(NC(c1ccccc1)c1ccccc1)c1cc2ccccc2c(=O)s1. The number of nitrogens with one attached hydrogen (secondary N) is 1. The van der Waals surface area contributed by atoms with Gasteiger partial charge >= 0.3 is 0 Å². The Morgan fingerprint density at radius 3 is 1.96 bits per heavy atom. The Bertz CT molecular complexity index is 1100. The number of carbonyl (C=O) groups excluding carboxylic acids is 1. The van der Waals surface area contributed by atoms with Gasteiger partial charge in [0, 0.05) is 5.39 Å². The first-order chi connectivity index (χ1) is 13.2. The van der Waals surface area contributed by atoms with E-state index < -0.39 is 0 Å². The minimum Gasteiger partial charge on any atom is -0.340 e. The van der Waals surface area contributed by atoms with Crippen molar-refractivity contribution in [2.75, 3.05) is 0 Å². The summed E-state index contributed by atoms with van der Waals surface area (Å²) in [4.78, 5) is 25.7. The number of hydrogen-bond donors (Lipinski definition) is 1. The summed E-state index contributed by atoms with van der Waals surface area (Å²) >= 11 is 0.980. The van der Waals surface area contributed by atoms with Crippen molar-refractivity contribution in [1.29, 1.82) is 0 Å². The Hall–Kier alpha value is -3.24. The van der Waals surface area contributed by atoms with E-state index in [0.29, 0.717) is 10.3 Å².